The Balaban J connectivity index is 1.30. The van der Waals surface area contributed by atoms with Crippen LogP contribution in [0.4, 0.5) is 11.4 Å². The Kier molecular flexibility index (Phi) is 5.10. The Morgan fingerprint density at radius 3 is 2.82 bits per heavy atom. The molecule has 3 aliphatic rings. The van der Waals surface area contributed by atoms with Crippen LogP contribution >= 0.6 is 0 Å². The van der Waals surface area contributed by atoms with Crippen LogP contribution in [0.3, 0.4) is 0 Å². The molecule has 0 unspecified atom stereocenters. The first-order valence-corrected chi connectivity index (χ1v) is 10.6. The Morgan fingerprint density at radius 2 is 2.00 bits per heavy atom. The molecule has 4 N–H and O–H groups in total. The maximum absolute atomic E-state index is 13.1. The first kappa shape index (κ1) is 21.1. The molecule has 0 bridgehead atoms. The number of rotatable bonds is 4. The number of aliphatic hydroxyl groups is 1. The molecule has 3 heterocycles. The normalized spacial score (nSPS) is 20.4. The van der Waals surface area contributed by atoms with E-state index in [1.807, 2.05) is 0 Å². The summed E-state index contributed by atoms with van der Waals surface area (Å²) in [5.41, 5.74) is 10.0. The van der Waals surface area contributed by atoms with Crippen molar-refractivity contribution in [3.63, 3.8) is 0 Å². The van der Waals surface area contributed by atoms with Gasteiger partial charge in [0.05, 0.1) is 13.2 Å². The number of aliphatic imine (C=N–C) groups is 1. The van der Waals surface area contributed by atoms with Gasteiger partial charge >= 0.3 is 0 Å². The molecule has 1 saturated heterocycles. The van der Waals surface area contributed by atoms with Gasteiger partial charge in [-0.15, -0.1) is 0 Å². The van der Waals surface area contributed by atoms with Crippen LogP contribution < -0.4 is 16.0 Å². The second-order valence-electron chi connectivity index (χ2n) is 8.29. The lowest BCUT2D eigenvalue weighted by atomic mass is 10.1. The molecule has 10 nitrogen and oxygen atoms in total. The van der Waals surface area contributed by atoms with Crippen LogP contribution in [0.5, 0.6) is 0 Å². The molecule has 3 aliphatic heterocycles. The molecular formula is C23H23N5O5. The predicted molar refractivity (Wildman–Crippen MR) is 120 cm³/mol. The molecule has 10 heteroatoms. The maximum Gasteiger partial charge on any atom is 0.259 e. The second kappa shape index (κ2) is 7.98. The Labute approximate surface area is 189 Å². The molecule has 2 aromatic rings. The van der Waals surface area contributed by atoms with Crippen molar-refractivity contribution in [1.82, 2.24) is 4.90 Å². The minimum atomic E-state index is -1.70. The average Bonchev–Trinajstić information content (AvgIpc) is 3.31. The highest BCUT2D eigenvalue weighted by molar-refractivity contribution is 6.05. The van der Waals surface area contributed by atoms with Crippen LogP contribution in [0, 0.1) is 0 Å². The quantitative estimate of drug-likeness (QED) is 0.611. The third-order valence-corrected chi connectivity index (χ3v) is 6.13. The smallest absolute Gasteiger partial charge is 0.259 e. The number of fused-ring (bicyclic) bond motifs is 2. The summed E-state index contributed by atoms with van der Waals surface area (Å²) in [7, 11) is 1.72. The van der Waals surface area contributed by atoms with Gasteiger partial charge in [-0.2, -0.15) is 0 Å². The van der Waals surface area contributed by atoms with Crippen molar-refractivity contribution in [3.05, 3.63) is 58.7 Å². The number of amides is 3. The summed E-state index contributed by atoms with van der Waals surface area (Å²) in [6, 6.07) is 10.3. The number of carbonyl (C=O) groups excluding carboxylic acids is 3. The fourth-order valence-corrected chi connectivity index (χ4v) is 4.37. The summed E-state index contributed by atoms with van der Waals surface area (Å²) in [5, 5.41) is 13.2. The van der Waals surface area contributed by atoms with Crippen molar-refractivity contribution in [2.75, 3.05) is 30.4 Å². The number of nitrogens with one attached hydrogen (secondary N) is 1. The van der Waals surface area contributed by atoms with Crippen LogP contribution in [-0.4, -0.2) is 66.0 Å². The molecule has 1 fully saturated rings. The average molecular weight is 449 g/mol. The number of carbonyl (C=O) groups is 3. The monoisotopic (exact) mass is 449 g/mol. The molecule has 170 valence electrons. The highest BCUT2D eigenvalue weighted by atomic mass is 16.5. The lowest BCUT2D eigenvalue weighted by Gasteiger charge is -2.34. The number of nitrogens with two attached hydrogens (primary N) is 1. The first-order valence-electron chi connectivity index (χ1n) is 10.6. The summed E-state index contributed by atoms with van der Waals surface area (Å²) in [6.07, 6.45) is -3.04. The van der Waals surface area contributed by atoms with E-state index in [2.05, 4.69) is 10.3 Å². The zero-order chi connectivity index (χ0) is 23.3. The standard InChI is InChI=1S/C23H23N5O5/c1-27-11-13-9-15(3-5-17(13)22(27)31)28-6-7-33-19(23(28)32)18(29)21(30)26-14-2-4-16-12(8-14)10-25-20(16)24/h2-5,8-9,18-19,29H,6-7,10-11H2,1H3,(H2,24,25)(H,26,30)/t18-,19-/m1/s1. The van der Waals surface area contributed by atoms with Gasteiger partial charge < -0.3 is 30.7 Å². The molecule has 0 spiro atoms. The van der Waals surface area contributed by atoms with E-state index in [1.54, 1.807) is 48.3 Å². The van der Waals surface area contributed by atoms with Gasteiger partial charge in [-0.3, -0.25) is 19.4 Å². The predicted octanol–water partition coefficient (Wildman–Crippen LogP) is 0.223. The summed E-state index contributed by atoms with van der Waals surface area (Å²) in [4.78, 5) is 45.1. The van der Waals surface area contributed by atoms with E-state index in [4.69, 9.17) is 10.5 Å². The molecule has 0 aromatic heterocycles. The molecule has 5 rings (SSSR count). The van der Waals surface area contributed by atoms with Gasteiger partial charge in [-0.25, -0.2) is 0 Å². The molecule has 0 aliphatic carbocycles. The minimum absolute atomic E-state index is 0.0596. The van der Waals surface area contributed by atoms with Gasteiger partial charge in [-0.05, 0) is 47.5 Å². The zero-order valence-electron chi connectivity index (χ0n) is 17.9. The van der Waals surface area contributed by atoms with E-state index in [1.165, 1.54) is 4.90 Å². The second-order valence-corrected chi connectivity index (χ2v) is 8.29. The number of anilines is 2. The molecule has 0 radical (unpaired) electrons. The minimum Gasteiger partial charge on any atom is -0.383 e. The van der Waals surface area contributed by atoms with Crippen molar-refractivity contribution in [2.24, 2.45) is 10.7 Å². The fourth-order valence-electron chi connectivity index (χ4n) is 4.37. The SMILES string of the molecule is CN1Cc2cc(N3CCO[C@H]([C@@H](O)C(=O)Nc4ccc5c(c4)CN=C5N)C3=O)ccc2C1=O. The number of aliphatic hydroxyl groups excluding tert-OH is 1. The van der Waals surface area contributed by atoms with Crippen LogP contribution in [0.15, 0.2) is 41.4 Å². The third kappa shape index (κ3) is 3.62. The van der Waals surface area contributed by atoms with E-state index in [-0.39, 0.29) is 19.1 Å². The fraction of sp³-hybridized carbons (Fsp3) is 0.304. The topological polar surface area (TPSA) is 138 Å². The number of nitrogens with zero attached hydrogens (tertiary/aromatic N) is 3. The van der Waals surface area contributed by atoms with Gasteiger partial charge in [0, 0.05) is 42.6 Å². The van der Waals surface area contributed by atoms with Crippen molar-refractivity contribution in [3.8, 4) is 0 Å². The van der Waals surface area contributed by atoms with Crippen molar-refractivity contribution >= 4 is 34.9 Å². The molecule has 2 aromatic carbocycles. The van der Waals surface area contributed by atoms with Crippen LogP contribution in [0.1, 0.15) is 27.0 Å². The first-order chi connectivity index (χ1) is 15.8. The van der Waals surface area contributed by atoms with E-state index in [0.29, 0.717) is 35.9 Å². The van der Waals surface area contributed by atoms with Crippen LogP contribution in [0.25, 0.3) is 0 Å². The van der Waals surface area contributed by atoms with E-state index in [0.717, 1.165) is 16.7 Å². The van der Waals surface area contributed by atoms with Gasteiger partial charge in [0.1, 0.15) is 5.84 Å². The van der Waals surface area contributed by atoms with Crippen LogP contribution in [-0.2, 0) is 27.4 Å². The molecule has 33 heavy (non-hydrogen) atoms. The Morgan fingerprint density at radius 1 is 1.21 bits per heavy atom. The summed E-state index contributed by atoms with van der Waals surface area (Å²) in [6.45, 7) is 1.33. The van der Waals surface area contributed by atoms with Crippen molar-refractivity contribution in [1.29, 1.82) is 0 Å². The molecular weight excluding hydrogens is 426 g/mol. The summed E-state index contributed by atoms with van der Waals surface area (Å²) >= 11 is 0. The van der Waals surface area contributed by atoms with Gasteiger partial charge in [0.2, 0.25) is 0 Å². The number of amidine groups is 1. The van der Waals surface area contributed by atoms with Crippen molar-refractivity contribution in [2.45, 2.75) is 25.3 Å². The Bertz CT molecular complexity index is 1210. The lowest BCUT2D eigenvalue weighted by Crippen LogP contribution is -2.55. The summed E-state index contributed by atoms with van der Waals surface area (Å²) in [5.74, 6) is -0.873. The number of hydrogen-bond acceptors (Lipinski definition) is 7. The maximum atomic E-state index is 13.1. The molecule has 2 atom stereocenters. The van der Waals surface area contributed by atoms with E-state index < -0.39 is 24.0 Å². The highest BCUT2D eigenvalue weighted by Gasteiger charge is 2.40. The number of hydrogen-bond donors (Lipinski definition) is 3. The van der Waals surface area contributed by atoms with Crippen LogP contribution in [0.2, 0.25) is 0 Å². The zero-order valence-corrected chi connectivity index (χ0v) is 17.9. The van der Waals surface area contributed by atoms with E-state index >= 15 is 0 Å². The van der Waals surface area contributed by atoms with Gasteiger partial charge in [0.25, 0.3) is 17.7 Å². The lowest BCUT2D eigenvalue weighted by molar-refractivity contribution is -0.150. The van der Waals surface area contributed by atoms with Crippen molar-refractivity contribution < 1.29 is 24.2 Å². The number of benzene rings is 2. The number of morpholine rings is 1. The number of ether oxygens (including phenoxy) is 1. The summed E-state index contributed by atoms with van der Waals surface area (Å²) < 4.78 is 5.48. The largest absolute Gasteiger partial charge is 0.383 e. The Hall–Kier alpha value is -3.76. The van der Waals surface area contributed by atoms with Gasteiger partial charge in [-0.1, -0.05) is 0 Å². The molecule has 3 amide bonds. The van der Waals surface area contributed by atoms with E-state index in [9.17, 15) is 19.5 Å². The molecule has 0 saturated carbocycles. The van der Waals surface area contributed by atoms with Gasteiger partial charge in [0.15, 0.2) is 12.2 Å². The highest BCUT2D eigenvalue weighted by Crippen LogP contribution is 2.28. The third-order valence-electron chi connectivity index (χ3n) is 6.13.